The summed E-state index contributed by atoms with van der Waals surface area (Å²) < 4.78 is 1.20. The van der Waals surface area contributed by atoms with Gasteiger partial charge in [0.25, 0.3) is 5.91 Å². The van der Waals surface area contributed by atoms with Crippen LogP contribution in [0.25, 0.3) is 0 Å². The van der Waals surface area contributed by atoms with E-state index in [4.69, 9.17) is 5.11 Å². The zero-order chi connectivity index (χ0) is 14.7. The topological polar surface area (TPSA) is 110 Å². The smallest absolute Gasteiger partial charge is 0.325 e. The fourth-order valence-corrected chi connectivity index (χ4v) is 2.46. The fraction of sp³-hybridized carbons (Fsp3) is 0.364. The summed E-state index contributed by atoms with van der Waals surface area (Å²) in [6.07, 6.45) is 1.49. The van der Waals surface area contributed by atoms with Crippen molar-refractivity contribution in [2.75, 3.05) is 0 Å². The molecule has 0 fully saturated rings. The maximum absolute atomic E-state index is 11.9. The Morgan fingerprint density at radius 1 is 1.45 bits per heavy atom. The molecule has 2 aromatic heterocycles. The number of rotatable bonds is 5. The summed E-state index contributed by atoms with van der Waals surface area (Å²) in [5.41, 5.74) is 1.19. The summed E-state index contributed by atoms with van der Waals surface area (Å²) in [4.78, 5) is 27.2. The van der Waals surface area contributed by atoms with Crippen molar-refractivity contribution in [1.29, 1.82) is 0 Å². The van der Waals surface area contributed by atoms with Gasteiger partial charge in [-0.15, -0.1) is 16.4 Å². The van der Waals surface area contributed by atoms with Gasteiger partial charge in [0, 0.05) is 0 Å². The van der Waals surface area contributed by atoms with Gasteiger partial charge in [0.05, 0.1) is 23.4 Å². The normalized spacial score (nSPS) is 10.5. The molecule has 0 unspecified atom stereocenters. The molecule has 0 saturated heterocycles. The fourth-order valence-electron chi connectivity index (χ4n) is 1.63. The standard InChI is InChI=1S/C11H13N5O3S/c1-6-10(20-7(2)13-6)11(19)12-3-8-4-16(15-14-8)5-9(17)18/h4H,3,5H2,1-2H3,(H,12,19)(H,17,18). The molecule has 0 aliphatic heterocycles. The van der Waals surface area contributed by atoms with Gasteiger partial charge in [-0.3, -0.25) is 9.59 Å². The lowest BCUT2D eigenvalue weighted by atomic mass is 10.3. The van der Waals surface area contributed by atoms with E-state index in [1.807, 2.05) is 6.92 Å². The molecule has 0 aromatic carbocycles. The Labute approximate surface area is 118 Å². The van der Waals surface area contributed by atoms with Crippen LogP contribution in [0, 0.1) is 13.8 Å². The van der Waals surface area contributed by atoms with Gasteiger partial charge in [0.15, 0.2) is 0 Å². The van der Waals surface area contributed by atoms with Crippen LogP contribution >= 0.6 is 11.3 Å². The lowest BCUT2D eigenvalue weighted by Gasteiger charge is -2.00. The molecule has 0 spiro atoms. The molecule has 0 saturated carbocycles. The highest BCUT2D eigenvalue weighted by molar-refractivity contribution is 7.13. The van der Waals surface area contributed by atoms with E-state index in [2.05, 4.69) is 20.6 Å². The van der Waals surface area contributed by atoms with Crippen LogP contribution in [0.2, 0.25) is 0 Å². The summed E-state index contributed by atoms with van der Waals surface area (Å²) in [6.45, 7) is 3.55. The van der Waals surface area contributed by atoms with E-state index >= 15 is 0 Å². The summed E-state index contributed by atoms with van der Waals surface area (Å²) in [5, 5.41) is 19.6. The number of carboxylic acids is 1. The summed E-state index contributed by atoms with van der Waals surface area (Å²) >= 11 is 1.33. The monoisotopic (exact) mass is 295 g/mol. The van der Waals surface area contributed by atoms with Crippen molar-refractivity contribution in [1.82, 2.24) is 25.3 Å². The summed E-state index contributed by atoms with van der Waals surface area (Å²) in [7, 11) is 0. The molecule has 0 atom stereocenters. The second-order valence-electron chi connectivity index (χ2n) is 4.13. The van der Waals surface area contributed by atoms with Crippen molar-refractivity contribution >= 4 is 23.2 Å². The van der Waals surface area contributed by atoms with Crippen molar-refractivity contribution in [3.05, 3.63) is 27.5 Å². The molecule has 106 valence electrons. The van der Waals surface area contributed by atoms with Crippen LogP contribution in [0.1, 0.15) is 26.1 Å². The third kappa shape index (κ3) is 3.38. The zero-order valence-corrected chi connectivity index (χ0v) is 11.8. The number of aryl methyl sites for hydroxylation is 2. The third-order valence-electron chi connectivity index (χ3n) is 2.42. The number of nitrogens with zero attached hydrogens (tertiary/aromatic N) is 4. The van der Waals surface area contributed by atoms with Crippen molar-refractivity contribution < 1.29 is 14.7 Å². The molecular formula is C11H13N5O3S. The molecule has 0 bridgehead atoms. The van der Waals surface area contributed by atoms with Gasteiger partial charge in [-0.05, 0) is 13.8 Å². The minimum atomic E-state index is -0.999. The molecule has 2 heterocycles. The number of aromatic nitrogens is 4. The number of thiazole rings is 1. The summed E-state index contributed by atoms with van der Waals surface area (Å²) in [5.74, 6) is -1.22. The molecule has 2 aromatic rings. The number of hydrogen-bond acceptors (Lipinski definition) is 6. The average Bonchev–Trinajstić information content (AvgIpc) is 2.92. The van der Waals surface area contributed by atoms with E-state index in [1.165, 1.54) is 22.2 Å². The SMILES string of the molecule is Cc1nc(C)c(C(=O)NCc2cn(CC(=O)O)nn2)s1. The van der Waals surface area contributed by atoms with Crippen LogP contribution < -0.4 is 5.32 Å². The maximum Gasteiger partial charge on any atom is 0.325 e. The first-order valence-corrected chi connectivity index (χ1v) is 6.60. The number of aliphatic carboxylic acids is 1. The van der Waals surface area contributed by atoms with Crippen LogP contribution in [0.15, 0.2) is 6.20 Å². The Morgan fingerprint density at radius 2 is 2.20 bits per heavy atom. The number of amides is 1. The lowest BCUT2D eigenvalue weighted by molar-refractivity contribution is -0.137. The number of carboxylic acid groups (broad SMARTS) is 1. The van der Waals surface area contributed by atoms with E-state index in [9.17, 15) is 9.59 Å². The Bertz CT molecular complexity index is 648. The van der Waals surface area contributed by atoms with E-state index in [0.29, 0.717) is 16.3 Å². The maximum atomic E-state index is 11.9. The largest absolute Gasteiger partial charge is 0.480 e. The van der Waals surface area contributed by atoms with Crippen molar-refractivity contribution in [3.8, 4) is 0 Å². The Hall–Kier alpha value is -2.29. The summed E-state index contributed by atoms with van der Waals surface area (Å²) in [6, 6.07) is 0. The first kappa shape index (κ1) is 14.1. The van der Waals surface area contributed by atoms with Gasteiger partial charge in [-0.1, -0.05) is 5.21 Å². The van der Waals surface area contributed by atoms with Crippen LogP contribution in [0.3, 0.4) is 0 Å². The van der Waals surface area contributed by atoms with E-state index in [-0.39, 0.29) is 19.0 Å². The van der Waals surface area contributed by atoms with E-state index in [0.717, 1.165) is 5.01 Å². The van der Waals surface area contributed by atoms with Crippen molar-refractivity contribution in [2.45, 2.75) is 26.9 Å². The number of nitrogens with one attached hydrogen (secondary N) is 1. The predicted octanol–water partition coefficient (Wildman–Crippen LogP) is 0.366. The third-order valence-corrected chi connectivity index (χ3v) is 3.49. The van der Waals surface area contributed by atoms with Crippen molar-refractivity contribution in [3.63, 3.8) is 0 Å². The highest BCUT2D eigenvalue weighted by atomic mass is 32.1. The number of hydrogen-bond donors (Lipinski definition) is 2. The van der Waals surface area contributed by atoms with Gasteiger partial charge >= 0.3 is 5.97 Å². The molecule has 8 nitrogen and oxygen atoms in total. The van der Waals surface area contributed by atoms with Gasteiger partial charge < -0.3 is 10.4 Å². The highest BCUT2D eigenvalue weighted by Crippen LogP contribution is 2.16. The molecule has 20 heavy (non-hydrogen) atoms. The lowest BCUT2D eigenvalue weighted by Crippen LogP contribution is -2.22. The molecule has 0 aliphatic rings. The second kappa shape index (κ2) is 5.78. The van der Waals surface area contributed by atoms with Crippen LogP contribution in [-0.2, 0) is 17.9 Å². The quantitative estimate of drug-likeness (QED) is 0.824. The second-order valence-corrected chi connectivity index (χ2v) is 5.33. The molecular weight excluding hydrogens is 282 g/mol. The Morgan fingerprint density at radius 3 is 2.80 bits per heavy atom. The minimum absolute atomic E-state index is 0.189. The molecule has 0 radical (unpaired) electrons. The van der Waals surface area contributed by atoms with E-state index < -0.39 is 5.97 Å². The first-order valence-electron chi connectivity index (χ1n) is 5.78. The zero-order valence-electron chi connectivity index (χ0n) is 11.0. The predicted molar refractivity (Wildman–Crippen MR) is 70.4 cm³/mol. The first-order chi connectivity index (χ1) is 9.45. The van der Waals surface area contributed by atoms with Crippen LogP contribution in [0.5, 0.6) is 0 Å². The van der Waals surface area contributed by atoms with Gasteiger partial charge in [-0.25, -0.2) is 9.67 Å². The van der Waals surface area contributed by atoms with Crippen molar-refractivity contribution in [2.24, 2.45) is 0 Å². The minimum Gasteiger partial charge on any atom is -0.480 e. The van der Waals surface area contributed by atoms with Gasteiger partial charge in [0.1, 0.15) is 17.1 Å². The van der Waals surface area contributed by atoms with Crippen LogP contribution in [0.4, 0.5) is 0 Å². The molecule has 9 heteroatoms. The van der Waals surface area contributed by atoms with Gasteiger partial charge in [-0.2, -0.15) is 0 Å². The van der Waals surface area contributed by atoms with E-state index in [1.54, 1.807) is 6.92 Å². The Balaban J connectivity index is 1.95. The molecule has 0 aliphatic carbocycles. The molecule has 2 rings (SSSR count). The highest BCUT2D eigenvalue weighted by Gasteiger charge is 2.14. The Kier molecular flexibility index (Phi) is 4.08. The average molecular weight is 295 g/mol. The van der Waals surface area contributed by atoms with Gasteiger partial charge in [0.2, 0.25) is 0 Å². The number of carbonyl (C=O) groups is 2. The molecule has 1 amide bonds. The molecule has 2 N–H and O–H groups in total. The van der Waals surface area contributed by atoms with Crippen LogP contribution in [-0.4, -0.2) is 37.0 Å². The number of carbonyl (C=O) groups excluding carboxylic acids is 1.